The van der Waals surface area contributed by atoms with Gasteiger partial charge in [0.25, 0.3) is 17.5 Å². The largest absolute Gasteiger partial charge is 0.278 e. The summed E-state index contributed by atoms with van der Waals surface area (Å²) in [5.74, 6) is -0.972. The Bertz CT molecular complexity index is 2180. The molecule has 0 saturated carbocycles. The molecule has 208 valence electrons. The fraction of sp³-hybridized carbons (Fsp3) is 0.222. The van der Waals surface area contributed by atoms with Crippen LogP contribution in [0.2, 0.25) is 0 Å². The minimum Gasteiger partial charge on any atom is -0.268 e. The number of imide groups is 1. The topological polar surface area (TPSA) is 80.5 Å². The molecule has 0 N–H and O–H groups in total. The summed E-state index contributed by atoms with van der Waals surface area (Å²) in [5.41, 5.74) is 2.15. The highest BCUT2D eigenvalue weighted by Crippen LogP contribution is 2.48. The van der Waals surface area contributed by atoms with Crippen LogP contribution in [-0.4, -0.2) is 16.7 Å². The van der Waals surface area contributed by atoms with Gasteiger partial charge in [-0.25, -0.2) is 4.90 Å². The van der Waals surface area contributed by atoms with Crippen molar-refractivity contribution in [3.05, 3.63) is 105 Å². The number of nitrogens with zero attached hydrogens (tertiary/aromatic N) is 2. The van der Waals surface area contributed by atoms with Gasteiger partial charge in [-0.2, -0.15) is 0 Å². The molecule has 42 heavy (non-hydrogen) atoms. The Kier molecular flexibility index (Phi) is 5.19. The molecule has 6 nitrogen and oxygen atoms in total. The Morgan fingerprint density at radius 1 is 0.643 bits per heavy atom. The van der Waals surface area contributed by atoms with Gasteiger partial charge in [0.15, 0.2) is 0 Å². The van der Waals surface area contributed by atoms with E-state index in [1.54, 1.807) is 6.07 Å². The van der Waals surface area contributed by atoms with E-state index in [0.717, 1.165) is 38.1 Å². The summed E-state index contributed by atoms with van der Waals surface area (Å²) in [6.07, 6.45) is 0. The number of non-ortho nitro benzene ring substituents is 1. The number of anilines is 1. The predicted molar refractivity (Wildman–Crippen MR) is 169 cm³/mol. The second-order valence-corrected chi connectivity index (χ2v) is 13.4. The summed E-state index contributed by atoms with van der Waals surface area (Å²) in [4.78, 5) is 42.3. The second kappa shape index (κ2) is 8.35. The minimum absolute atomic E-state index is 0.139. The molecule has 6 aromatic carbocycles. The van der Waals surface area contributed by atoms with Gasteiger partial charge in [0.05, 0.1) is 21.6 Å². The number of nitro groups is 1. The van der Waals surface area contributed by atoms with Gasteiger partial charge in [-0.1, -0.05) is 96.1 Å². The quantitative estimate of drug-likeness (QED) is 0.0703. The Labute approximate surface area is 243 Å². The van der Waals surface area contributed by atoms with E-state index >= 15 is 0 Å². The van der Waals surface area contributed by atoms with Crippen LogP contribution < -0.4 is 4.90 Å². The third-order valence-corrected chi connectivity index (χ3v) is 8.70. The SMILES string of the molecule is CC(C)(C)c1ccc(C(C)(C)C)c(N2C(=O)c3ccc4c5cccc6cccc(c7c([N+](=O)[O-])cc(c3c47)C2=O)c65)c1. The third kappa shape index (κ3) is 3.44. The number of carbonyl (C=O) groups excluding carboxylic acids is 2. The average molecular weight is 555 g/mol. The molecule has 1 heterocycles. The van der Waals surface area contributed by atoms with Crippen molar-refractivity contribution >= 4 is 66.3 Å². The van der Waals surface area contributed by atoms with Gasteiger partial charge < -0.3 is 0 Å². The summed E-state index contributed by atoms with van der Waals surface area (Å²) < 4.78 is 0. The van der Waals surface area contributed by atoms with Gasteiger partial charge >= 0.3 is 0 Å². The van der Waals surface area contributed by atoms with Crippen molar-refractivity contribution in [1.29, 1.82) is 0 Å². The number of benzene rings is 6. The smallest absolute Gasteiger partial charge is 0.268 e. The Morgan fingerprint density at radius 2 is 1.29 bits per heavy atom. The van der Waals surface area contributed by atoms with E-state index in [9.17, 15) is 19.7 Å². The molecule has 6 heteroatoms. The maximum absolute atomic E-state index is 14.5. The van der Waals surface area contributed by atoms with E-state index in [1.165, 1.54) is 11.0 Å². The van der Waals surface area contributed by atoms with Crippen LogP contribution in [-0.2, 0) is 10.8 Å². The zero-order chi connectivity index (χ0) is 29.9. The van der Waals surface area contributed by atoms with Gasteiger partial charge in [-0.05, 0) is 61.0 Å². The Morgan fingerprint density at radius 3 is 1.93 bits per heavy atom. The summed E-state index contributed by atoms with van der Waals surface area (Å²) >= 11 is 0. The zero-order valence-electron chi connectivity index (χ0n) is 24.5. The molecule has 0 radical (unpaired) electrons. The lowest BCUT2D eigenvalue weighted by Crippen LogP contribution is -2.42. The lowest BCUT2D eigenvalue weighted by atomic mass is 9.80. The molecule has 0 unspecified atom stereocenters. The van der Waals surface area contributed by atoms with Gasteiger partial charge in [-0.15, -0.1) is 0 Å². The summed E-state index contributed by atoms with van der Waals surface area (Å²) in [5, 5.41) is 18.5. The van der Waals surface area contributed by atoms with Crippen molar-refractivity contribution in [2.24, 2.45) is 0 Å². The lowest BCUT2D eigenvalue weighted by Gasteiger charge is -2.34. The van der Waals surface area contributed by atoms with Crippen molar-refractivity contribution in [3.63, 3.8) is 0 Å². The van der Waals surface area contributed by atoms with Crippen LogP contribution in [0.3, 0.4) is 0 Å². The van der Waals surface area contributed by atoms with E-state index in [-0.39, 0.29) is 22.1 Å². The monoisotopic (exact) mass is 554 g/mol. The first-order valence-electron chi connectivity index (χ1n) is 14.1. The molecule has 0 bridgehead atoms. The van der Waals surface area contributed by atoms with Gasteiger partial charge in [0.2, 0.25) is 0 Å². The van der Waals surface area contributed by atoms with Crippen molar-refractivity contribution in [2.45, 2.75) is 52.4 Å². The highest BCUT2D eigenvalue weighted by Gasteiger charge is 2.40. The minimum atomic E-state index is -0.548. The van der Waals surface area contributed by atoms with Crippen molar-refractivity contribution < 1.29 is 14.5 Å². The van der Waals surface area contributed by atoms with Crippen LogP contribution in [0.1, 0.15) is 73.4 Å². The lowest BCUT2D eigenvalue weighted by molar-refractivity contribution is -0.383. The highest BCUT2D eigenvalue weighted by atomic mass is 16.6. The molecule has 6 aromatic rings. The third-order valence-electron chi connectivity index (χ3n) is 8.70. The van der Waals surface area contributed by atoms with Crippen LogP contribution in [0.25, 0.3) is 43.1 Å². The van der Waals surface area contributed by atoms with E-state index in [0.29, 0.717) is 27.4 Å². The first-order valence-corrected chi connectivity index (χ1v) is 14.1. The zero-order valence-corrected chi connectivity index (χ0v) is 24.5. The normalized spacial score (nSPS) is 14.2. The van der Waals surface area contributed by atoms with Crippen molar-refractivity contribution in [2.75, 3.05) is 4.90 Å². The Hall–Kier alpha value is -4.84. The average Bonchev–Trinajstić information content (AvgIpc) is 2.93. The summed E-state index contributed by atoms with van der Waals surface area (Å²) in [6.45, 7) is 12.4. The standard InChI is InChI=1S/C36H30N2O4/c1-35(2,3)20-13-16-26(36(4,5)6)27(17-20)37-33(39)24-15-14-22-21-11-7-9-19-10-8-12-23(29(19)21)31-28(38(41)42)18-25(34(37)40)30(24)32(22)31/h7-18H,1-6H3. The highest BCUT2D eigenvalue weighted by molar-refractivity contribution is 6.43. The summed E-state index contributed by atoms with van der Waals surface area (Å²) in [7, 11) is 0. The van der Waals surface area contributed by atoms with Crippen LogP contribution in [0, 0.1) is 10.1 Å². The number of carbonyl (C=O) groups is 2. The van der Waals surface area contributed by atoms with Crippen molar-refractivity contribution in [3.8, 4) is 0 Å². The molecule has 1 aliphatic heterocycles. The Balaban J connectivity index is 1.61. The molecule has 2 amide bonds. The number of amides is 2. The fourth-order valence-corrected chi connectivity index (χ4v) is 6.68. The van der Waals surface area contributed by atoms with Gasteiger partial charge in [0.1, 0.15) is 0 Å². The molecule has 1 aliphatic rings. The number of nitro benzene ring substituents is 1. The molecule has 0 spiro atoms. The van der Waals surface area contributed by atoms with Crippen LogP contribution in [0.15, 0.2) is 72.8 Å². The molecule has 0 saturated heterocycles. The van der Waals surface area contributed by atoms with Crippen LogP contribution in [0.5, 0.6) is 0 Å². The maximum atomic E-state index is 14.5. The number of hydrogen-bond donors (Lipinski definition) is 0. The first-order chi connectivity index (χ1) is 19.8. The second-order valence-electron chi connectivity index (χ2n) is 13.4. The van der Waals surface area contributed by atoms with E-state index in [2.05, 4.69) is 20.8 Å². The fourth-order valence-electron chi connectivity index (χ4n) is 6.68. The molecular formula is C36H30N2O4. The van der Waals surface area contributed by atoms with Gasteiger partial charge in [0, 0.05) is 22.4 Å². The molecule has 0 aliphatic carbocycles. The van der Waals surface area contributed by atoms with Gasteiger partial charge in [-0.3, -0.25) is 19.7 Å². The van der Waals surface area contributed by atoms with Crippen LogP contribution >= 0.6 is 0 Å². The predicted octanol–water partition coefficient (Wildman–Crippen LogP) is 9.04. The number of fused-ring (bicyclic) bond motifs is 2. The van der Waals surface area contributed by atoms with E-state index < -0.39 is 16.7 Å². The molecule has 7 rings (SSSR count). The molecule has 0 aromatic heterocycles. The first kappa shape index (κ1) is 26.1. The number of rotatable bonds is 2. The summed E-state index contributed by atoms with van der Waals surface area (Å²) in [6, 6.07) is 22.7. The molecule has 0 atom stereocenters. The molecular weight excluding hydrogens is 524 g/mol. The van der Waals surface area contributed by atoms with E-state index in [4.69, 9.17) is 0 Å². The van der Waals surface area contributed by atoms with E-state index in [1.807, 2.05) is 81.4 Å². The van der Waals surface area contributed by atoms with Crippen LogP contribution in [0.4, 0.5) is 11.4 Å². The number of hydrogen-bond acceptors (Lipinski definition) is 4. The van der Waals surface area contributed by atoms with Crippen molar-refractivity contribution in [1.82, 2.24) is 0 Å². The maximum Gasteiger partial charge on any atom is 0.278 e. The molecule has 0 fully saturated rings.